The Hall–Kier alpha value is -2.87. The summed E-state index contributed by atoms with van der Waals surface area (Å²) in [5.74, 6) is 0.0929. The molecule has 0 heterocycles. The van der Waals surface area contributed by atoms with Crippen LogP contribution in [0.4, 0.5) is 0 Å². The largest absolute Gasteiger partial charge is 0.345 e. The fourth-order valence-corrected chi connectivity index (χ4v) is 3.49. The molecule has 3 rings (SSSR count). The molecule has 1 N–H and O–H groups in total. The molecule has 1 amide bonds. The highest BCUT2D eigenvalue weighted by atomic mass is 16.2. The first kappa shape index (κ1) is 18.9. The van der Waals surface area contributed by atoms with E-state index in [2.05, 4.69) is 62.5 Å². The minimum absolute atomic E-state index is 0.0608. The lowest BCUT2D eigenvalue weighted by Gasteiger charge is -2.26. The summed E-state index contributed by atoms with van der Waals surface area (Å²) in [7, 11) is 0. The van der Waals surface area contributed by atoms with Crippen molar-refractivity contribution >= 4 is 5.91 Å². The summed E-state index contributed by atoms with van der Waals surface area (Å²) >= 11 is 0. The van der Waals surface area contributed by atoms with E-state index in [-0.39, 0.29) is 23.8 Å². The van der Waals surface area contributed by atoms with E-state index < -0.39 is 0 Å². The Balaban J connectivity index is 1.93. The Morgan fingerprint density at radius 1 is 0.704 bits per heavy atom. The van der Waals surface area contributed by atoms with Gasteiger partial charge in [-0.05, 0) is 29.5 Å². The molecule has 0 saturated heterocycles. The standard InChI is InChI=1S/C25H27NO/c1-18(2)23(20-10-6-4-7-11-20)25(27)26-24(21-12-8-5-9-13-21)22-16-14-19(3)15-17-22/h4-18,23-24H,1-3H3,(H,26,27). The number of rotatable bonds is 6. The van der Waals surface area contributed by atoms with Gasteiger partial charge in [-0.15, -0.1) is 0 Å². The van der Waals surface area contributed by atoms with Gasteiger partial charge in [0.05, 0.1) is 12.0 Å². The first-order valence-electron chi connectivity index (χ1n) is 9.53. The van der Waals surface area contributed by atoms with Crippen LogP contribution in [0.15, 0.2) is 84.9 Å². The van der Waals surface area contributed by atoms with E-state index in [4.69, 9.17) is 0 Å². The van der Waals surface area contributed by atoms with Crippen molar-refractivity contribution in [2.75, 3.05) is 0 Å². The van der Waals surface area contributed by atoms with Gasteiger partial charge in [0.2, 0.25) is 5.91 Å². The Morgan fingerprint density at radius 3 is 1.70 bits per heavy atom. The number of amides is 1. The lowest BCUT2D eigenvalue weighted by Crippen LogP contribution is -2.35. The van der Waals surface area contributed by atoms with Gasteiger partial charge in [0, 0.05) is 0 Å². The summed E-state index contributed by atoms with van der Waals surface area (Å²) in [4.78, 5) is 13.3. The summed E-state index contributed by atoms with van der Waals surface area (Å²) in [6.07, 6.45) is 0. The molecule has 3 aromatic rings. The molecule has 0 fully saturated rings. The third kappa shape index (κ3) is 4.65. The first-order chi connectivity index (χ1) is 13.1. The molecule has 2 heteroatoms. The van der Waals surface area contributed by atoms with Crippen LogP contribution in [0.2, 0.25) is 0 Å². The maximum Gasteiger partial charge on any atom is 0.228 e. The van der Waals surface area contributed by atoms with Gasteiger partial charge in [-0.25, -0.2) is 0 Å². The lowest BCUT2D eigenvalue weighted by atomic mass is 9.87. The predicted octanol–water partition coefficient (Wildman–Crippen LogP) is 5.64. The molecule has 0 aromatic heterocycles. The number of hydrogen-bond acceptors (Lipinski definition) is 1. The molecule has 2 unspecified atom stereocenters. The van der Waals surface area contributed by atoms with Gasteiger partial charge in [0.25, 0.3) is 0 Å². The van der Waals surface area contributed by atoms with Crippen molar-refractivity contribution in [2.45, 2.75) is 32.7 Å². The third-order valence-electron chi connectivity index (χ3n) is 4.94. The summed E-state index contributed by atoms with van der Waals surface area (Å²) in [5.41, 5.74) is 4.45. The normalized spacial score (nSPS) is 13.2. The number of benzene rings is 3. The minimum Gasteiger partial charge on any atom is -0.345 e. The molecule has 3 aromatic carbocycles. The Morgan fingerprint density at radius 2 is 1.19 bits per heavy atom. The monoisotopic (exact) mass is 357 g/mol. The van der Waals surface area contributed by atoms with Gasteiger partial charge in [-0.2, -0.15) is 0 Å². The third-order valence-corrected chi connectivity index (χ3v) is 4.94. The van der Waals surface area contributed by atoms with E-state index in [1.54, 1.807) is 0 Å². The van der Waals surface area contributed by atoms with Gasteiger partial charge in [-0.1, -0.05) is 104 Å². The van der Waals surface area contributed by atoms with Crippen LogP contribution in [0.25, 0.3) is 0 Å². The molecule has 0 spiro atoms. The number of hydrogen-bond donors (Lipinski definition) is 1. The number of aryl methyl sites for hydroxylation is 1. The average molecular weight is 357 g/mol. The fourth-order valence-electron chi connectivity index (χ4n) is 3.49. The van der Waals surface area contributed by atoms with Crippen molar-refractivity contribution in [1.29, 1.82) is 0 Å². The van der Waals surface area contributed by atoms with Crippen LogP contribution in [0.5, 0.6) is 0 Å². The Kier molecular flexibility index (Phi) is 6.08. The van der Waals surface area contributed by atoms with Crippen molar-refractivity contribution in [3.05, 3.63) is 107 Å². The van der Waals surface area contributed by atoms with Gasteiger partial charge < -0.3 is 5.32 Å². The molecule has 0 aliphatic rings. The zero-order valence-electron chi connectivity index (χ0n) is 16.2. The smallest absolute Gasteiger partial charge is 0.228 e. The number of carbonyl (C=O) groups excluding carboxylic acids is 1. The van der Waals surface area contributed by atoms with Gasteiger partial charge in [-0.3, -0.25) is 4.79 Å². The molecule has 0 saturated carbocycles. The second-order valence-corrected chi connectivity index (χ2v) is 7.40. The van der Waals surface area contributed by atoms with Crippen LogP contribution < -0.4 is 5.32 Å². The molecule has 0 aliphatic carbocycles. The second kappa shape index (κ2) is 8.68. The first-order valence-corrected chi connectivity index (χ1v) is 9.53. The average Bonchev–Trinajstić information content (AvgIpc) is 2.68. The zero-order chi connectivity index (χ0) is 19.2. The molecular formula is C25H27NO. The van der Waals surface area contributed by atoms with E-state index >= 15 is 0 Å². The minimum atomic E-state index is -0.178. The van der Waals surface area contributed by atoms with Crippen LogP contribution in [-0.4, -0.2) is 5.91 Å². The maximum absolute atomic E-state index is 13.3. The predicted molar refractivity (Wildman–Crippen MR) is 112 cm³/mol. The van der Waals surface area contributed by atoms with Crippen molar-refractivity contribution in [1.82, 2.24) is 5.32 Å². The summed E-state index contributed by atoms with van der Waals surface area (Å²) in [6, 6.07) is 28.4. The van der Waals surface area contributed by atoms with Crippen molar-refractivity contribution in [2.24, 2.45) is 5.92 Å². The van der Waals surface area contributed by atoms with E-state index in [1.807, 2.05) is 48.5 Å². The van der Waals surface area contributed by atoms with E-state index in [0.717, 1.165) is 16.7 Å². The topological polar surface area (TPSA) is 29.1 Å². The highest BCUT2D eigenvalue weighted by Gasteiger charge is 2.27. The molecule has 2 atom stereocenters. The van der Waals surface area contributed by atoms with Gasteiger partial charge in [0.1, 0.15) is 0 Å². The van der Waals surface area contributed by atoms with Crippen molar-refractivity contribution in [3.63, 3.8) is 0 Å². The Labute approximate surface area is 162 Å². The Bertz CT molecular complexity index is 854. The number of nitrogens with one attached hydrogen (secondary N) is 1. The lowest BCUT2D eigenvalue weighted by molar-refractivity contribution is -0.124. The molecule has 0 aliphatic heterocycles. The van der Waals surface area contributed by atoms with Gasteiger partial charge in [0.15, 0.2) is 0 Å². The molecule has 0 bridgehead atoms. The quantitative estimate of drug-likeness (QED) is 0.608. The van der Waals surface area contributed by atoms with E-state index in [9.17, 15) is 4.79 Å². The van der Waals surface area contributed by atoms with Crippen LogP contribution in [-0.2, 0) is 4.79 Å². The molecule has 27 heavy (non-hydrogen) atoms. The van der Waals surface area contributed by atoms with Crippen LogP contribution in [0.3, 0.4) is 0 Å². The van der Waals surface area contributed by atoms with Crippen LogP contribution in [0, 0.1) is 12.8 Å². The highest BCUT2D eigenvalue weighted by molar-refractivity contribution is 5.84. The summed E-state index contributed by atoms with van der Waals surface area (Å²) in [6.45, 7) is 6.27. The van der Waals surface area contributed by atoms with E-state index in [0.29, 0.717) is 0 Å². The number of carbonyl (C=O) groups is 1. The van der Waals surface area contributed by atoms with E-state index in [1.165, 1.54) is 5.56 Å². The molecule has 2 nitrogen and oxygen atoms in total. The maximum atomic E-state index is 13.3. The second-order valence-electron chi connectivity index (χ2n) is 7.40. The van der Waals surface area contributed by atoms with Crippen molar-refractivity contribution < 1.29 is 4.79 Å². The fraction of sp³-hybridized carbons (Fsp3) is 0.240. The molecule has 138 valence electrons. The zero-order valence-corrected chi connectivity index (χ0v) is 16.2. The SMILES string of the molecule is Cc1ccc(C(NC(=O)C(c2ccccc2)C(C)C)c2ccccc2)cc1. The summed E-state index contributed by atoms with van der Waals surface area (Å²) < 4.78 is 0. The molecular weight excluding hydrogens is 330 g/mol. The highest BCUT2D eigenvalue weighted by Crippen LogP contribution is 2.28. The van der Waals surface area contributed by atoms with Crippen LogP contribution >= 0.6 is 0 Å². The molecule has 0 radical (unpaired) electrons. The summed E-state index contributed by atoms with van der Waals surface area (Å²) in [5, 5.41) is 3.31. The van der Waals surface area contributed by atoms with Crippen molar-refractivity contribution in [3.8, 4) is 0 Å². The van der Waals surface area contributed by atoms with Gasteiger partial charge >= 0.3 is 0 Å². The van der Waals surface area contributed by atoms with Crippen LogP contribution in [0.1, 0.15) is 48.1 Å².